The molecule has 0 aliphatic heterocycles. The Morgan fingerprint density at radius 2 is 0.786 bits per heavy atom. The molecule has 360 valence electrons. The largest absolute Gasteiger partial charge is 0.480 e. The van der Waals surface area contributed by atoms with Crippen molar-refractivity contribution in [2.24, 2.45) is 0 Å². The molecule has 0 aliphatic carbocycles. The van der Waals surface area contributed by atoms with E-state index in [1.807, 2.05) is 66.7 Å². The van der Waals surface area contributed by atoms with Crippen molar-refractivity contribution in [3.63, 3.8) is 0 Å². The molecule has 6 aromatic carbocycles. The highest BCUT2D eigenvalue weighted by Gasteiger charge is 2.32. The van der Waals surface area contributed by atoms with Crippen molar-refractivity contribution in [1.82, 2.24) is 26.6 Å². The number of carboxylic acid groups (broad SMARTS) is 1. The Labute approximate surface area is 406 Å². The van der Waals surface area contributed by atoms with E-state index in [0.717, 1.165) is 16.7 Å². The van der Waals surface area contributed by atoms with Gasteiger partial charge in [-0.25, -0.2) is 4.79 Å². The number of nitrogens with one attached hydrogen (secondary N) is 6. The summed E-state index contributed by atoms with van der Waals surface area (Å²) < 4.78 is 0. The Kier molecular flexibility index (Phi) is 18.5. The molecule has 1 unspecified atom stereocenters. The second-order valence-electron chi connectivity index (χ2n) is 16.9. The van der Waals surface area contributed by atoms with E-state index in [9.17, 15) is 38.7 Å². The van der Waals surface area contributed by atoms with Crippen molar-refractivity contribution in [2.75, 3.05) is 11.1 Å². The second kappa shape index (κ2) is 25.5. The zero-order valence-corrected chi connectivity index (χ0v) is 38.7. The zero-order valence-electron chi connectivity index (χ0n) is 38.7. The van der Waals surface area contributed by atoms with Crippen LogP contribution in [0.5, 0.6) is 0 Å². The third-order valence-corrected chi connectivity index (χ3v) is 11.4. The van der Waals surface area contributed by atoms with Gasteiger partial charge in [0.2, 0.25) is 35.4 Å². The Bertz CT molecular complexity index is 2690. The van der Waals surface area contributed by atoms with Crippen LogP contribution in [0.1, 0.15) is 42.0 Å². The van der Waals surface area contributed by atoms with Gasteiger partial charge in [-0.05, 0) is 64.6 Å². The third kappa shape index (κ3) is 16.0. The van der Waals surface area contributed by atoms with Crippen molar-refractivity contribution in [3.05, 3.63) is 192 Å². The number of carboxylic acids is 1. The molecule has 0 bridgehead atoms. The van der Waals surface area contributed by atoms with Gasteiger partial charge >= 0.3 is 5.97 Å². The molecule has 15 nitrogen and oxygen atoms in total. The highest BCUT2D eigenvalue weighted by molar-refractivity contribution is 5.97. The molecule has 70 heavy (non-hydrogen) atoms. The first-order valence-electron chi connectivity index (χ1n) is 22.9. The van der Waals surface area contributed by atoms with Gasteiger partial charge in [-0.2, -0.15) is 0 Å². The summed E-state index contributed by atoms with van der Waals surface area (Å²) >= 11 is 0. The first-order valence-corrected chi connectivity index (χ1v) is 22.9. The smallest absolute Gasteiger partial charge is 0.326 e. The van der Waals surface area contributed by atoms with E-state index in [4.69, 9.17) is 5.73 Å². The van der Waals surface area contributed by atoms with Crippen molar-refractivity contribution < 1.29 is 38.7 Å². The SMILES string of the molecule is C[C@H](NC(=O)[C@@H](Cc1ccccc1)NC(=O)[C@H](Cc1ccc(-c2ccccc2)cc1)NC(=O)C(Cc1ccccc1)NC(=O)CCC(=O)Nc1ccccc1)C(=O)N[C@@H](Cc1ccc(N)cc1)C(=O)O. The molecule has 9 N–H and O–H groups in total. The first kappa shape index (κ1) is 50.8. The van der Waals surface area contributed by atoms with E-state index in [1.165, 1.54) is 6.92 Å². The van der Waals surface area contributed by atoms with E-state index >= 15 is 0 Å². The van der Waals surface area contributed by atoms with Crippen LogP contribution in [0.15, 0.2) is 170 Å². The number of rotatable bonds is 23. The average molecular weight is 944 g/mol. The summed E-state index contributed by atoms with van der Waals surface area (Å²) in [6, 6.07) is 44.1. The predicted molar refractivity (Wildman–Crippen MR) is 268 cm³/mol. The van der Waals surface area contributed by atoms with Gasteiger partial charge < -0.3 is 42.7 Å². The van der Waals surface area contributed by atoms with Gasteiger partial charge in [0, 0.05) is 49.9 Å². The van der Waals surface area contributed by atoms with Crippen molar-refractivity contribution in [3.8, 4) is 11.1 Å². The van der Waals surface area contributed by atoms with Crippen LogP contribution in [0.2, 0.25) is 0 Å². The molecule has 0 aliphatic rings. The molecule has 0 heterocycles. The van der Waals surface area contributed by atoms with Gasteiger partial charge in [-0.3, -0.25) is 28.8 Å². The number of amides is 6. The van der Waals surface area contributed by atoms with Gasteiger partial charge in [-0.15, -0.1) is 0 Å². The van der Waals surface area contributed by atoms with Gasteiger partial charge in [0.15, 0.2) is 0 Å². The highest BCUT2D eigenvalue weighted by Crippen LogP contribution is 2.20. The quantitative estimate of drug-likeness (QED) is 0.0396. The molecule has 0 aromatic heterocycles. The number of carbonyl (C=O) groups is 7. The lowest BCUT2D eigenvalue weighted by atomic mass is 9.98. The number of para-hydroxylation sites is 1. The maximum Gasteiger partial charge on any atom is 0.326 e. The summed E-state index contributed by atoms with van der Waals surface area (Å²) in [4.78, 5) is 95.0. The van der Waals surface area contributed by atoms with Gasteiger partial charge in [0.25, 0.3) is 0 Å². The Morgan fingerprint density at radius 3 is 1.29 bits per heavy atom. The number of anilines is 2. The van der Waals surface area contributed by atoms with Crippen LogP contribution in [0.3, 0.4) is 0 Å². The van der Waals surface area contributed by atoms with E-state index < -0.39 is 65.7 Å². The number of benzene rings is 6. The Balaban J connectivity index is 1.22. The van der Waals surface area contributed by atoms with Crippen LogP contribution < -0.4 is 37.6 Å². The summed E-state index contributed by atoms with van der Waals surface area (Å²) in [5.41, 5.74) is 11.4. The number of nitrogens with two attached hydrogens (primary N) is 1. The fraction of sp³-hybridized carbons (Fsp3) is 0.218. The van der Waals surface area contributed by atoms with Crippen LogP contribution in [0, 0.1) is 0 Å². The number of aliphatic carboxylic acids is 1. The monoisotopic (exact) mass is 943 g/mol. The second-order valence-corrected chi connectivity index (χ2v) is 16.9. The van der Waals surface area contributed by atoms with Gasteiger partial charge in [0.1, 0.15) is 30.2 Å². The number of nitrogen functional groups attached to an aromatic ring is 1. The normalized spacial score (nSPS) is 12.9. The molecule has 5 atom stereocenters. The molecule has 0 spiro atoms. The Hall–Kier alpha value is -8.59. The fourth-order valence-corrected chi connectivity index (χ4v) is 7.58. The molecule has 0 saturated carbocycles. The molecule has 6 amide bonds. The molecule has 0 radical (unpaired) electrons. The van der Waals surface area contributed by atoms with Gasteiger partial charge in [-0.1, -0.05) is 146 Å². The number of hydrogen-bond acceptors (Lipinski definition) is 8. The molecule has 0 saturated heterocycles. The lowest BCUT2D eigenvalue weighted by Gasteiger charge is -2.27. The summed E-state index contributed by atoms with van der Waals surface area (Å²) in [7, 11) is 0. The summed E-state index contributed by atoms with van der Waals surface area (Å²) in [6.45, 7) is 1.40. The average Bonchev–Trinajstić information content (AvgIpc) is 3.36. The first-order chi connectivity index (χ1) is 33.8. The molecular weight excluding hydrogens is 887 g/mol. The number of carbonyl (C=O) groups excluding carboxylic acids is 6. The predicted octanol–water partition coefficient (Wildman–Crippen LogP) is 5.15. The fourth-order valence-electron chi connectivity index (χ4n) is 7.58. The van der Waals surface area contributed by atoms with Crippen LogP contribution in [0.4, 0.5) is 11.4 Å². The molecule has 6 rings (SSSR count). The van der Waals surface area contributed by atoms with Crippen molar-refractivity contribution in [2.45, 2.75) is 75.7 Å². The minimum Gasteiger partial charge on any atom is -0.480 e. The van der Waals surface area contributed by atoms with Gasteiger partial charge in [0.05, 0.1) is 0 Å². The number of hydrogen-bond donors (Lipinski definition) is 8. The summed E-state index contributed by atoms with van der Waals surface area (Å²) in [6.07, 6.45) is -0.407. The molecule has 0 fully saturated rings. The zero-order chi connectivity index (χ0) is 49.8. The Morgan fingerprint density at radius 1 is 0.414 bits per heavy atom. The van der Waals surface area contributed by atoms with Crippen LogP contribution in [0.25, 0.3) is 11.1 Å². The van der Waals surface area contributed by atoms with Crippen molar-refractivity contribution in [1.29, 1.82) is 0 Å². The third-order valence-electron chi connectivity index (χ3n) is 11.4. The van der Waals surface area contributed by atoms with E-state index in [2.05, 4.69) is 31.9 Å². The topological polar surface area (TPSA) is 238 Å². The summed E-state index contributed by atoms with van der Waals surface area (Å²) in [5, 5.41) is 26.3. The molecule has 6 aromatic rings. The van der Waals surface area contributed by atoms with Crippen LogP contribution >= 0.6 is 0 Å². The highest BCUT2D eigenvalue weighted by atomic mass is 16.4. The van der Waals surface area contributed by atoms with Crippen molar-refractivity contribution >= 4 is 52.8 Å². The minimum atomic E-state index is -1.32. The lowest BCUT2D eigenvalue weighted by molar-refractivity contribution is -0.142. The van der Waals surface area contributed by atoms with E-state index in [1.54, 1.807) is 103 Å². The maximum absolute atomic E-state index is 14.7. The van der Waals surface area contributed by atoms with Crippen LogP contribution in [-0.2, 0) is 59.2 Å². The van der Waals surface area contributed by atoms with E-state index in [0.29, 0.717) is 28.1 Å². The van der Waals surface area contributed by atoms with E-state index in [-0.39, 0.29) is 44.4 Å². The summed E-state index contributed by atoms with van der Waals surface area (Å²) in [5.74, 6) is -5.16. The van der Waals surface area contributed by atoms with Crippen LogP contribution in [-0.4, -0.2) is 76.7 Å². The standard InChI is InChI=1S/C55H57N7O8/c1-36(51(65)62-48(55(69)70)35-40-24-28-43(56)29-25-40)57-52(66)46(33-38-16-8-3-9-17-38)60-54(68)47(34-39-22-26-42(27-23-39)41-18-10-4-11-19-41)61-53(67)45(32-37-14-6-2-7-15-37)59-50(64)31-30-49(63)58-44-20-12-5-13-21-44/h2-29,36,45-48H,30-35,56H2,1H3,(H,57,66)(H,58,63)(H,59,64)(H,60,68)(H,61,67)(H,62,65)(H,69,70)/t36-,45?,46+,47-,48-/m0/s1. The molecular formula is C55H57N7O8. The lowest BCUT2D eigenvalue weighted by Crippen LogP contribution is -2.59. The maximum atomic E-state index is 14.7. The minimum absolute atomic E-state index is 0.0153. The molecule has 15 heteroatoms.